The van der Waals surface area contributed by atoms with E-state index >= 15 is 0 Å². The van der Waals surface area contributed by atoms with E-state index < -0.39 is 0 Å². The van der Waals surface area contributed by atoms with E-state index in [-0.39, 0.29) is 5.82 Å². The van der Waals surface area contributed by atoms with Crippen LogP contribution in [0.5, 0.6) is 5.75 Å². The fourth-order valence-corrected chi connectivity index (χ4v) is 2.19. The molecule has 0 atom stereocenters. The standard InChI is InChI=1S/C13H12FNOS/c1-16-10-3-5-11(6-4-10)17-13-7-2-9(15)8-12(13)14/h2-8H,15H2,1H3. The van der Waals surface area contributed by atoms with Gasteiger partial charge in [0.25, 0.3) is 0 Å². The molecule has 2 nitrogen and oxygen atoms in total. The minimum absolute atomic E-state index is 0.300. The van der Waals surface area contributed by atoms with E-state index in [1.54, 1.807) is 19.2 Å². The maximum absolute atomic E-state index is 13.6. The molecule has 0 aliphatic heterocycles. The van der Waals surface area contributed by atoms with Crippen LogP contribution in [0.3, 0.4) is 0 Å². The summed E-state index contributed by atoms with van der Waals surface area (Å²) >= 11 is 1.36. The van der Waals surface area contributed by atoms with Gasteiger partial charge in [-0.25, -0.2) is 4.39 Å². The number of nitrogens with two attached hydrogens (primary N) is 1. The van der Waals surface area contributed by atoms with Gasteiger partial charge in [-0.2, -0.15) is 0 Å². The lowest BCUT2D eigenvalue weighted by molar-refractivity contribution is 0.414. The molecule has 0 radical (unpaired) electrons. The molecule has 0 aromatic heterocycles. The summed E-state index contributed by atoms with van der Waals surface area (Å²) in [6, 6.07) is 12.2. The average molecular weight is 249 g/mol. The van der Waals surface area contributed by atoms with Gasteiger partial charge in [0.15, 0.2) is 0 Å². The molecule has 0 saturated heterocycles. The minimum atomic E-state index is -0.300. The highest BCUT2D eigenvalue weighted by Crippen LogP contribution is 2.31. The second kappa shape index (κ2) is 5.10. The highest BCUT2D eigenvalue weighted by atomic mass is 32.2. The monoisotopic (exact) mass is 249 g/mol. The third-order valence-corrected chi connectivity index (χ3v) is 3.30. The number of methoxy groups -OCH3 is 1. The van der Waals surface area contributed by atoms with Gasteiger partial charge >= 0.3 is 0 Å². The van der Waals surface area contributed by atoms with Crippen molar-refractivity contribution in [2.45, 2.75) is 9.79 Å². The maximum atomic E-state index is 13.6. The third kappa shape index (κ3) is 2.91. The van der Waals surface area contributed by atoms with Crippen LogP contribution < -0.4 is 10.5 Å². The first-order valence-electron chi connectivity index (χ1n) is 5.06. The number of anilines is 1. The van der Waals surface area contributed by atoms with Gasteiger partial charge in [-0.1, -0.05) is 11.8 Å². The van der Waals surface area contributed by atoms with Crippen molar-refractivity contribution in [3.05, 3.63) is 48.3 Å². The Labute approximate surface area is 104 Å². The molecule has 0 unspecified atom stereocenters. The van der Waals surface area contributed by atoms with Crippen molar-refractivity contribution in [1.82, 2.24) is 0 Å². The molecule has 2 aromatic rings. The number of halogens is 1. The molecule has 2 N–H and O–H groups in total. The number of ether oxygens (including phenoxy) is 1. The van der Waals surface area contributed by atoms with Gasteiger partial charge in [0, 0.05) is 15.5 Å². The van der Waals surface area contributed by atoms with Crippen LogP contribution in [0, 0.1) is 5.82 Å². The molecule has 0 bridgehead atoms. The number of hydrogen-bond acceptors (Lipinski definition) is 3. The van der Waals surface area contributed by atoms with Gasteiger partial charge in [0.2, 0.25) is 0 Å². The first-order chi connectivity index (χ1) is 8.19. The Morgan fingerprint density at radius 3 is 2.41 bits per heavy atom. The van der Waals surface area contributed by atoms with Gasteiger partial charge in [-0.15, -0.1) is 0 Å². The highest BCUT2D eigenvalue weighted by Gasteiger charge is 2.04. The molecule has 0 heterocycles. The van der Waals surface area contributed by atoms with Crippen LogP contribution in [0.2, 0.25) is 0 Å². The van der Waals surface area contributed by atoms with Crippen LogP contribution in [-0.4, -0.2) is 7.11 Å². The summed E-state index contributed by atoms with van der Waals surface area (Å²) in [6.45, 7) is 0. The van der Waals surface area contributed by atoms with Crippen molar-refractivity contribution in [2.24, 2.45) is 0 Å². The largest absolute Gasteiger partial charge is 0.497 e. The lowest BCUT2D eigenvalue weighted by Crippen LogP contribution is -1.88. The van der Waals surface area contributed by atoms with Crippen LogP contribution in [0.25, 0.3) is 0 Å². The van der Waals surface area contributed by atoms with Crippen molar-refractivity contribution in [3.8, 4) is 5.75 Å². The van der Waals surface area contributed by atoms with E-state index in [0.717, 1.165) is 10.6 Å². The SMILES string of the molecule is COc1ccc(Sc2ccc(N)cc2F)cc1. The molecule has 0 spiro atoms. The van der Waals surface area contributed by atoms with Crippen LogP contribution in [-0.2, 0) is 0 Å². The molecular weight excluding hydrogens is 237 g/mol. The number of nitrogen functional groups attached to an aromatic ring is 1. The molecule has 0 aliphatic rings. The fraction of sp³-hybridized carbons (Fsp3) is 0.0769. The Bertz CT molecular complexity index is 513. The number of hydrogen-bond donors (Lipinski definition) is 1. The van der Waals surface area contributed by atoms with Crippen molar-refractivity contribution in [1.29, 1.82) is 0 Å². The van der Waals surface area contributed by atoms with Crippen LogP contribution in [0.15, 0.2) is 52.3 Å². The predicted molar refractivity (Wildman–Crippen MR) is 67.9 cm³/mol. The van der Waals surface area contributed by atoms with Crippen LogP contribution >= 0.6 is 11.8 Å². The van der Waals surface area contributed by atoms with Gasteiger partial charge in [-0.05, 0) is 42.5 Å². The van der Waals surface area contributed by atoms with Crippen LogP contribution in [0.4, 0.5) is 10.1 Å². The Hall–Kier alpha value is -1.68. The summed E-state index contributed by atoms with van der Waals surface area (Å²) in [5.74, 6) is 0.484. The summed E-state index contributed by atoms with van der Waals surface area (Å²) < 4.78 is 18.6. The van der Waals surface area contributed by atoms with E-state index in [0.29, 0.717) is 10.6 Å². The van der Waals surface area contributed by atoms with E-state index in [1.165, 1.54) is 17.8 Å². The zero-order valence-corrected chi connectivity index (χ0v) is 10.1. The van der Waals surface area contributed by atoms with E-state index in [4.69, 9.17) is 10.5 Å². The zero-order chi connectivity index (χ0) is 12.3. The molecule has 0 fully saturated rings. The molecule has 2 rings (SSSR count). The quantitative estimate of drug-likeness (QED) is 0.845. The lowest BCUT2D eigenvalue weighted by atomic mass is 10.3. The second-order valence-electron chi connectivity index (χ2n) is 3.47. The van der Waals surface area contributed by atoms with E-state index in [9.17, 15) is 4.39 Å². The topological polar surface area (TPSA) is 35.2 Å². The van der Waals surface area contributed by atoms with Gasteiger partial charge in [-0.3, -0.25) is 0 Å². The van der Waals surface area contributed by atoms with Crippen molar-refractivity contribution in [3.63, 3.8) is 0 Å². The average Bonchev–Trinajstić information content (AvgIpc) is 2.34. The van der Waals surface area contributed by atoms with Crippen molar-refractivity contribution < 1.29 is 9.13 Å². The minimum Gasteiger partial charge on any atom is -0.497 e. The summed E-state index contributed by atoms with van der Waals surface area (Å²) in [6.07, 6.45) is 0. The molecular formula is C13H12FNOS. The molecule has 4 heteroatoms. The first-order valence-corrected chi connectivity index (χ1v) is 5.87. The van der Waals surface area contributed by atoms with E-state index in [1.807, 2.05) is 24.3 Å². The van der Waals surface area contributed by atoms with Crippen LogP contribution in [0.1, 0.15) is 0 Å². The summed E-state index contributed by atoms with van der Waals surface area (Å²) in [4.78, 5) is 1.51. The Kier molecular flexibility index (Phi) is 3.54. The Morgan fingerprint density at radius 1 is 1.12 bits per heavy atom. The predicted octanol–water partition coefficient (Wildman–Crippen LogP) is 3.57. The Balaban J connectivity index is 2.19. The van der Waals surface area contributed by atoms with Gasteiger partial charge in [0.1, 0.15) is 11.6 Å². The van der Waals surface area contributed by atoms with Gasteiger partial charge in [0.05, 0.1) is 7.11 Å². The fourth-order valence-electron chi connectivity index (χ4n) is 1.37. The molecule has 17 heavy (non-hydrogen) atoms. The molecule has 88 valence electrons. The molecule has 2 aromatic carbocycles. The lowest BCUT2D eigenvalue weighted by Gasteiger charge is -2.05. The smallest absolute Gasteiger partial charge is 0.139 e. The molecule has 0 saturated carbocycles. The summed E-state index contributed by atoms with van der Waals surface area (Å²) in [5.41, 5.74) is 5.93. The highest BCUT2D eigenvalue weighted by molar-refractivity contribution is 7.99. The molecule has 0 amide bonds. The zero-order valence-electron chi connectivity index (χ0n) is 9.31. The second-order valence-corrected chi connectivity index (χ2v) is 4.58. The third-order valence-electron chi connectivity index (χ3n) is 2.24. The van der Waals surface area contributed by atoms with E-state index in [2.05, 4.69) is 0 Å². The van der Waals surface area contributed by atoms with Crippen molar-refractivity contribution in [2.75, 3.05) is 12.8 Å². The summed E-state index contributed by atoms with van der Waals surface area (Å²) in [5, 5.41) is 0. The van der Waals surface area contributed by atoms with Gasteiger partial charge < -0.3 is 10.5 Å². The number of rotatable bonds is 3. The summed E-state index contributed by atoms with van der Waals surface area (Å²) in [7, 11) is 1.61. The molecule has 0 aliphatic carbocycles. The first kappa shape index (κ1) is 11.8. The number of benzene rings is 2. The van der Waals surface area contributed by atoms with Crippen molar-refractivity contribution >= 4 is 17.4 Å². The maximum Gasteiger partial charge on any atom is 0.139 e. The Morgan fingerprint density at radius 2 is 1.82 bits per heavy atom. The normalized spacial score (nSPS) is 10.2.